The van der Waals surface area contributed by atoms with Gasteiger partial charge in [-0.2, -0.15) is 0 Å². The van der Waals surface area contributed by atoms with Crippen molar-refractivity contribution in [3.05, 3.63) is 89.5 Å². The fourth-order valence-corrected chi connectivity index (χ4v) is 3.47. The summed E-state index contributed by atoms with van der Waals surface area (Å²) in [5.41, 5.74) is 7.33. The van der Waals surface area contributed by atoms with Gasteiger partial charge in [-0.25, -0.2) is 4.98 Å². The molecule has 4 aromatic rings. The molecule has 0 aliphatic carbocycles. The molecule has 0 saturated heterocycles. The highest BCUT2D eigenvalue weighted by molar-refractivity contribution is 5.80. The van der Waals surface area contributed by atoms with Gasteiger partial charge in [-0.3, -0.25) is 0 Å². The number of nitrogens with zero attached hydrogens (tertiary/aromatic N) is 2. The van der Waals surface area contributed by atoms with E-state index >= 15 is 0 Å². The van der Waals surface area contributed by atoms with Gasteiger partial charge in [-0.15, -0.1) is 0 Å². The van der Waals surface area contributed by atoms with Crippen LogP contribution in [0.25, 0.3) is 22.4 Å². The molecule has 2 heteroatoms. The molecule has 0 aliphatic rings. The zero-order chi connectivity index (χ0) is 18.1. The first kappa shape index (κ1) is 16.6. The van der Waals surface area contributed by atoms with Crippen molar-refractivity contribution in [1.29, 1.82) is 0 Å². The van der Waals surface area contributed by atoms with Crippen LogP contribution in [0.2, 0.25) is 0 Å². The van der Waals surface area contributed by atoms with Gasteiger partial charge in [-0.1, -0.05) is 80.1 Å². The number of hydrogen-bond donors (Lipinski definition) is 0. The van der Waals surface area contributed by atoms with Gasteiger partial charge in [-0.05, 0) is 36.1 Å². The first-order valence-electron chi connectivity index (χ1n) is 9.23. The summed E-state index contributed by atoms with van der Waals surface area (Å²) < 4.78 is 2.33. The number of imidazole rings is 1. The molecule has 2 nitrogen and oxygen atoms in total. The van der Waals surface area contributed by atoms with Crippen LogP contribution in [-0.2, 0) is 6.54 Å². The minimum Gasteiger partial charge on any atom is -0.319 e. The SMILES string of the molecule is Cc1cccc(Cn2c(-c3ccc(C(C)C)cc3)nc3ccccc32)c1. The highest BCUT2D eigenvalue weighted by Gasteiger charge is 2.13. The Morgan fingerprint density at radius 2 is 1.65 bits per heavy atom. The van der Waals surface area contributed by atoms with E-state index in [0.717, 1.165) is 17.9 Å². The number of aryl methyl sites for hydroxylation is 1. The molecule has 1 heterocycles. The maximum Gasteiger partial charge on any atom is 0.141 e. The second-order valence-corrected chi connectivity index (χ2v) is 7.28. The van der Waals surface area contributed by atoms with Gasteiger partial charge in [0.15, 0.2) is 0 Å². The van der Waals surface area contributed by atoms with E-state index in [1.54, 1.807) is 0 Å². The van der Waals surface area contributed by atoms with Crippen LogP contribution in [0.3, 0.4) is 0 Å². The summed E-state index contributed by atoms with van der Waals surface area (Å²) in [6.45, 7) is 7.41. The molecule has 1 aromatic heterocycles. The third kappa shape index (κ3) is 3.15. The van der Waals surface area contributed by atoms with Gasteiger partial charge in [0.1, 0.15) is 5.82 Å². The van der Waals surface area contributed by atoms with Crippen LogP contribution in [0.1, 0.15) is 36.5 Å². The van der Waals surface area contributed by atoms with Gasteiger partial charge in [0.25, 0.3) is 0 Å². The monoisotopic (exact) mass is 340 g/mol. The zero-order valence-electron chi connectivity index (χ0n) is 15.6. The second-order valence-electron chi connectivity index (χ2n) is 7.28. The molecule has 0 radical (unpaired) electrons. The Balaban J connectivity index is 1.83. The Hall–Kier alpha value is -2.87. The molecule has 4 rings (SSSR count). The second kappa shape index (κ2) is 6.80. The van der Waals surface area contributed by atoms with E-state index in [4.69, 9.17) is 4.98 Å². The molecular weight excluding hydrogens is 316 g/mol. The average Bonchev–Trinajstić information content (AvgIpc) is 3.00. The lowest BCUT2D eigenvalue weighted by Gasteiger charge is -2.11. The van der Waals surface area contributed by atoms with Crippen LogP contribution in [-0.4, -0.2) is 9.55 Å². The van der Waals surface area contributed by atoms with E-state index in [0.29, 0.717) is 5.92 Å². The van der Waals surface area contributed by atoms with Crippen molar-refractivity contribution in [2.75, 3.05) is 0 Å². The molecule has 3 aromatic carbocycles. The quantitative estimate of drug-likeness (QED) is 0.433. The number of para-hydroxylation sites is 2. The molecule has 0 unspecified atom stereocenters. The Labute approximate surface area is 155 Å². The predicted molar refractivity (Wildman–Crippen MR) is 110 cm³/mol. The molecule has 26 heavy (non-hydrogen) atoms. The first-order chi connectivity index (χ1) is 12.6. The third-order valence-electron chi connectivity index (χ3n) is 4.91. The summed E-state index contributed by atoms with van der Waals surface area (Å²) in [4.78, 5) is 4.94. The van der Waals surface area contributed by atoms with E-state index in [1.165, 1.54) is 27.8 Å². The number of fused-ring (bicyclic) bond motifs is 1. The lowest BCUT2D eigenvalue weighted by Crippen LogP contribution is -2.02. The summed E-state index contributed by atoms with van der Waals surface area (Å²) in [6.07, 6.45) is 0. The fourth-order valence-electron chi connectivity index (χ4n) is 3.47. The van der Waals surface area contributed by atoms with E-state index in [9.17, 15) is 0 Å². The number of rotatable bonds is 4. The Kier molecular flexibility index (Phi) is 4.34. The standard InChI is InChI=1S/C24H24N2/c1-17(2)20-11-13-21(14-12-20)24-25-22-9-4-5-10-23(22)26(24)16-19-8-6-7-18(3)15-19/h4-15,17H,16H2,1-3H3. The van der Waals surface area contributed by atoms with Crippen LogP contribution < -0.4 is 0 Å². The molecule has 0 fully saturated rings. The lowest BCUT2D eigenvalue weighted by molar-refractivity contribution is 0.832. The van der Waals surface area contributed by atoms with Crippen molar-refractivity contribution in [2.24, 2.45) is 0 Å². The predicted octanol–water partition coefficient (Wildman–Crippen LogP) is 6.18. The number of hydrogen-bond acceptors (Lipinski definition) is 1. The summed E-state index contributed by atoms with van der Waals surface area (Å²) in [5, 5.41) is 0. The first-order valence-corrected chi connectivity index (χ1v) is 9.23. The molecule has 0 bridgehead atoms. The zero-order valence-corrected chi connectivity index (χ0v) is 15.6. The van der Waals surface area contributed by atoms with Crippen LogP contribution in [0.5, 0.6) is 0 Å². The molecule has 0 aliphatic heterocycles. The molecule has 0 atom stereocenters. The normalized spacial score (nSPS) is 11.4. The molecular formula is C24H24N2. The van der Waals surface area contributed by atoms with Crippen LogP contribution in [0.4, 0.5) is 0 Å². The van der Waals surface area contributed by atoms with Crippen LogP contribution in [0.15, 0.2) is 72.8 Å². The van der Waals surface area contributed by atoms with E-state index < -0.39 is 0 Å². The highest BCUT2D eigenvalue weighted by Crippen LogP contribution is 2.27. The van der Waals surface area contributed by atoms with Crippen molar-refractivity contribution in [2.45, 2.75) is 33.2 Å². The van der Waals surface area contributed by atoms with Gasteiger partial charge in [0.05, 0.1) is 11.0 Å². The van der Waals surface area contributed by atoms with Crippen LogP contribution in [0, 0.1) is 6.92 Å². The smallest absolute Gasteiger partial charge is 0.141 e. The average molecular weight is 340 g/mol. The molecule has 0 spiro atoms. The van der Waals surface area contributed by atoms with Crippen molar-refractivity contribution >= 4 is 11.0 Å². The molecule has 0 saturated carbocycles. The van der Waals surface area contributed by atoms with Crippen molar-refractivity contribution in [3.8, 4) is 11.4 Å². The van der Waals surface area contributed by atoms with Crippen molar-refractivity contribution in [3.63, 3.8) is 0 Å². The minimum atomic E-state index is 0.537. The number of benzene rings is 3. The van der Waals surface area contributed by atoms with Gasteiger partial charge in [0.2, 0.25) is 0 Å². The Morgan fingerprint density at radius 3 is 2.38 bits per heavy atom. The van der Waals surface area contributed by atoms with E-state index in [-0.39, 0.29) is 0 Å². The Bertz CT molecular complexity index is 1040. The maximum absolute atomic E-state index is 4.94. The van der Waals surface area contributed by atoms with Gasteiger partial charge in [0, 0.05) is 12.1 Å². The van der Waals surface area contributed by atoms with E-state index in [2.05, 4.69) is 98.1 Å². The van der Waals surface area contributed by atoms with E-state index in [1.807, 2.05) is 0 Å². The summed E-state index contributed by atoms with van der Waals surface area (Å²) in [5.74, 6) is 1.57. The largest absolute Gasteiger partial charge is 0.319 e. The topological polar surface area (TPSA) is 17.8 Å². The lowest BCUT2D eigenvalue weighted by atomic mass is 10.0. The Morgan fingerprint density at radius 1 is 0.885 bits per heavy atom. The molecule has 130 valence electrons. The third-order valence-corrected chi connectivity index (χ3v) is 4.91. The highest BCUT2D eigenvalue weighted by atomic mass is 15.1. The summed E-state index contributed by atoms with van der Waals surface area (Å²) in [6, 6.07) is 25.9. The fraction of sp³-hybridized carbons (Fsp3) is 0.208. The van der Waals surface area contributed by atoms with Crippen LogP contribution >= 0.6 is 0 Å². The van der Waals surface area contributed by atoms with Crippen molar-refractivity contribution < 1.29 is 0 Å². The maximum atomic E-state index is 4.94. The number of aromatic nitrogens is 2. The minimum absolute atomic E-state index is 0.537. The van der Waals surface area contributed by atoms with Gasteiger partial charge < -0.3 is 4.57 Å². The van der Waals surface area contributed by atoms with Crippen molar-refractivity contribution in [1.82, 2.24) is 9.55 Å². The summed E-state index contributed by atoms with van der Waals surface area (Å²) in [7, 11) is 0. The molecule has 0 N–H and O–H groups in total. The molecule has 0 amide bonds. The van der Waals surface area contributed by atoms with Gasteiger partial charge >= 0.3 is 0 Å². The summed E-state index contributed by atoms with van der Waals surface area (Å²) >= 11 is 0.